The molecule has 3 rings (SSSR count). The molecule has 5 heteroatoms. The zero-order valence-electron chi connectivity index (χ0n) is 15.9. The van der Waals surface area contributed by atoms with E-state index in [1.54, 1.807) is 16.4 Å². The van der Waals surface area contributed by atoms with E-state index in [0.717, 1.165) is 12.8 Å². The van der Waals surface area contributed by atoms with Crippen LogP contribution in [0.4, 0.5) is 5.69 Å². The second-order valence-electron chi connectivity index (χ2n) is 7.14. The lowest BCUT2D eigenvalue weighted by atomic mass is 10.1. The molecule has 4 nitrogen and oxygen atoms in total. The lowest BCUT2D eigenvalue weighted by molar-refractivity contribution is 0.342. The summed E-state index contributed by atoms with van der Waals surface area (Å²) in [7, 11) is -3.43. The first-order valence-electron chi connectivity index (χ1n) is 9.34. The molecule has 1 aliphatic rings. The average molecular weight is 373 g/mol. The van der Waals surface area contributed by atoms with Gasteiger partial charge in [-0.25, -0.2) is 8.42 Å². The minimum absolute atomic E-state index is 0.139. The third-order valence-electron chi connectivity index (χ3n) is 5.02. The molecule has 1 aliphatic heterocycles. The van der Waals surface area contributed by atoms with Crippen LogP contribution in [-0.2, 0) is 16.4 Å². The average Bonchev–Trinajstić information content (AvgIpc) is 2.62. The van der Waals surface area contributed by atoms with Gasteiger partial charge in [-0.2, -0.15) is 4.31 Å². The first kappa shape index (κ1) is 18.9. The van der Waals surface area contributed by atoms with Crippen molar-refractivity contribution in [3.63, 3.8) is 0 Å². The van der Waals surface area contributed by atoms with Gasteiger partial charge < -0.3 is 4.90 Å². The zero-order valence-corrected chi connectivity index (χ0v) is 16.7. The molecule has 1 atom stereocenters. The SMILES string of the molecule is CCCc1ccc(S(=O)(=O)N2CCN(c3cccc(C)c3)C(C)C2)cc1. The third-order valence-corrected chi connectivity index (χ3v) is 6.90. The molecule has 0 bridgehead atoms. The molecular weight excluding hydrogens is 344 g/mol. The van der Waals surface area contributed by atoms with Crippen molar-refractivity contribution in [1.29, 1.82) is 0 Å². The quantitative estimate of drug-likeness (QED) is 0.800. The largest absolute Gasteiger partial charge is 0.366 e. The maximum absolute atomic E-state index is 13.0. The van der Waals surface area contributed by atoms with Crippen molar-refractivity contribution in [2.75, 3.05) is 24.5 Å². The molecule has 26 heavy (non-hydrogen) atoms. The fraction of sp³-hybridized carbons (Fsp3) is 0.429. The van der Waals surface area contributed by atoms with Crippen LogP contribution < -0.4 is 4.90 Å². The lowest BCUT2D eigenvalue weighted by Crippen LogP contribution is -2.53. The maximum Gasteiger partial charge on any atom is 0.243 e. The summed E-state index contributed by atoms with van der Waals surface area (Å²) in [6, 6.07) is 15.9. The van der Waals surface area contributed by atoms with E-state index in [-0.39, 0.29) is 6.04 Å². The van der Waals surface area contributed by atoms with Crippen LogP contribution in [0.3, 0.4) is 0 Å². The van der Waals surface area contributed by atoms with E-state index in [4.69, 9.17) is 0 Å². The Morgan fingerprint density at radius 1 is 1.08 bits per heavy atom. The summed E-state index contributed by atoms with van der Waals surface area (Å²) in [5, 5.41) is 0. The first-order chi connectivity index (χ1) is 12.4. The maximum atomic E-state index is 13.0. The Morgan fingerprint density at radius 3 is 2.42 bits per heavy atom. The smallest absolute Gasteiger partial charge is 0.243 e. The van der Waals surface area contributed by atoms with Gasteiger partial charge in [0, 0.05) is 31.4 Å². The number of hydrogen-bond acceptors (Lipinski definition) is 3. The standard InChI is InChI=1S/C21H28N2O2S/c1-4-6-19-9-11-21(12-10-19)26(24,25)22-13-14-23(18(3)16-22)20-8-5-7-17(2)15-20/h5,7-12,15,18H,4,6,13-14,16H2,1-3H3. The molecule has 0 radical (unpaired) electrons. The van der Waals surface area contributed by atoms with Crippen molar-refractivity contribution in [3.8, 4) is 0 Å². The Hall–Kier alpha value is -1.85. The van der Waals surface area contributed by atoms with Crippen LogP contribution >= 0.6 is 0 Å². The zero-order chi connectivity index (χ0) is 18.7. The molecule has 1 heterocycles. The van der Waals surface area contributed by atoms with Gasteiger partial charge in [-0.05, 0) is 55.7 Å². The number of sulfonamides is 1. The Morgan fingerprint density at radius 2 is 1.81 bits per heavy atom. The van der Waals surface area contributed by atoms with Crippen molar-refractivity contribution in [2.45, 2.75) is 44.6 Å². The van der Waals surface area contributed by atoms with E-state index in [2.05, 4.69) is 49.9 Å². The van der Waals surface area contributed by atoms with E-state index in [1.807, 2.05) is 12.1 Å². The highest BCUT2D eigenvalue weighted by atomic mass is 32.2. The van der Waals surface area contributed by atoms with Gasteiger partial charge >= 0.3 is 0 Å². The van der Waals surface area contributed by atoms with Crippen LogP contribution in [0.2, 0.25) is 0 Å². The normalized spacial score (nSPS) is 18.9. The van der Waals surface area contributed by atoms with Crippen LogP contribution in [0.5, 0.6) is 0 Å². The fourth-order valence-electron chi connectivity index (χ4n) is 3.60. The predicted molar refractivity (Wildman–Crippen MR) is 107 cm³/mol. The number of rotatable bonds is 5. The summed E-state index contributed by atoms with van der Waals surface area (Å²) in [6.07, 6.45) is 2.04. The molecule has 0 N–H and O–H groups in total. The number of hydrogen-bond donors (Lipinski definition) is 0. The van der Waals surface area contributed by atoms with E-state index in [9.17, 15) is 8.42 Å². The number of piperazine rings is 1. The molecular formula is C21H28N2O2S. The van der Waals surface area contributed by atoms with Gasteiger partial charge in [0.05, 0.1) is 4.90 Å². The Labute approximate surface area is 157 Å². The highest BCUT2D eigenvalue weighted by Crippen LogP contribution is 2.25. The highest BCUT2D eigenvalue weighted by molar-refractivity contribution is 7.89. The summed E-state index contributed by atoms with van der Waals surface area (Å²) < 4.78 is 27.6. The lowest BCUT2D eigenvalue weighted by Gasteiger charge is -2.40. The van der Waals surface area contributed by atoms with Crippen molar-refractivity contribution in [3.05, 3.63) is 59.7 Å². The molecule has 0 spiro atoms. The van der Waals surface area contributed by atoms with Gasteiger partial charge in [0.1, 0.15) is 0 Å². The molecule has 2 aromatic rings. The Bertz CT molecular complexity index is 847. The van der Waals surface area contributed by atoms with Gasteiger partial charge in [-0.1, -0.05) is 37.6 Å². The molecule has 0 saturated carbocycles. The number of aryl methyl sites for hydroxylation is 2. The van der Waals surface area contributed by atoms with Crippen molar-refractivity contribution >= 4 is 15.7 Å². The van der Waals surface area contributed by atoms with Gasteiger partial charge in [0.25, 0.3) is 0 Å². The van der Waals surface area contributed by atoms with Crippen LogP contribution in [-0.4, -0.2) is 38.4 Å². The third kappa shape index (κ3) is 3.94. The number of nitrogens with zero attached hydrogens (tertiary/aromatic N) is 2. The molecule has 2 aromatic carbocycles. The molecule has 1 unspecified atom stereocenters. The fourth-order valence-corrected chi connectivity index (χ4v) is 5.11. The van der Waals surface area contributed by atoms with Crippen molar-refractivity contribution in [1.82, 2.24) is 4.31 Å². The summed E-state index contributed by atoms with van der Waals surface area (Å²) in [5.74, 6) is 0. The monoisotopic (exact) mass is 372 g/mol. The van der Waals surface area contributed by atoms with E-state index < -0.39 is 10.0 Å². The predicted octanol–water partition coefficient (Wildman–Crippen LogP) is 3.85. The second kappa shape index (κ2) is 7.80. The van der Waals surface area contributed by atoms with E-state index in [0.29, 0.717) is 24.5 Å². The number of benzene rings is 2. The van der Waals surface area contributed by atoms with Crippen molar-refractivity contribution < 1.29 is 8.42 Å². The summed E-state index contributed by atoms with van der Waals surface area (Å²) in [6.45, 7) is 8.02. The molecule has 140 valence electrons. The van der Waals surface area contributed by atoms with Gasteiger partial charge in [0.15, 0.2) is 0 Å². The molecule has 1 saturated heterocycles. The Kier molecular flexibility index (Phi) is 5.68. The number of anilines is 1. The topological polar surface area (TPSA) is 40.6 Å². The highest BCUT2D eigenvalue weighted by Gasteiger charge is 2.32. The van der Waals surface area contributed by atoms with Gasteiger partial charge in [-0.15, -0.1) is 0 Å². The van der Waals surface area contributed by atoms with Gasteiger partial charge in [0.2, 0.25) is 10.0 Å². The molecule has 0 aromatic heterocycles. The molecule has 0 amide bonds. The van der Waals surface area contributed by atoms with Gasteiger partial charge in [-0.3, -0.25) is 0 Å². The Balaban J connectivity index is 1.74. The molecule has 0 aliphatic carbocycles. The summed E-state index contributed by atoms with van der Waals surface area (Å²) in [4.78, 5) is 2.69. The van der Waals surface area contributed by atoms with E-state index >= 15 is 0 Å². The summed E-state index contributed by atoms with van der Waals surface area (Å²) >= 11 is 0. The second-order valence-corrected chi connectivity index (χ2v) is 9.08. The molecule has 1 fully saturated rings. The van der Waals surface area contributed by atoms with E-state index in [1.165, 1.54) is 16.8 Å². The van der Waals surface area contributed by atoms with Crippen LogP contribution in [0.15, 0.2) is 53.4 Å². The first-order valence-corrected chi connectivity index (χ1v) is 10.8. The van der Waals surface area contributed by atoms with Crippen molar-refractivity contribution in [2.24, 2.45) is 0 Å². The minimum Gasteiger partial charge on any atom is -0.366 e. The summed E-state index contributed by atoms with van der Waals surface area (Å²) in [5.41, 5.74) is 3.57. The van der Waals surface area contributed by atoms with Crippen LogP contribution in [0, 0.1) is 6.92 Å². The minimum atomic E-state index is -3.43. The van der Waals surface area contributed by atoms with Crippen LogP contribution in [0.1, 0.15) is 31.4 Å². The van der Waals surface area contributed by atoms with Crippen LogP contribution in [0.25, 0.3) is 0 Å².